The third kappa shape index (κ3) is 9.28. The summed E-state index contributed by atoms with van der Waals surface area (Å²) >= 11 is 6.40. The molecule has 0 N–H and O–H groups in total. The van der Waals surface area contributed by atoms with Crippen LogP contribution in [0, 0.1) is 5.92 Å². The molecule has 2 amide bonds. The van der Waals surface area contributed by atoms with Gasteiger partial charge in [-0.25, -0.2) is 0 Å². The van der Waals surface area contributed by atoms with Crippen molar-refractivity contribution in [2.45, 2.75) is 72.9 Å². The summed E-state index contributed by atoms with van der Waals surface area (Å²) in [6.07, 6.45) is 7.95. The molecule has 5 nitrogen and oxygen atoms in total. The Bertz CT molecular complexity index is 1190. The van der Waals surface area contributed by atoms with Gasteiger partial charge in [-0.3, -0.25) is 9.59 Å². The lowest BCUT2D eigenvalue weighted by Crippen LogP contribution is -2.44. The number of halogens is 1. The number of unbranched alkanes of at least 4 members (excludes halogenated alkanes) is 3. The van der Waals surface area contributed by atoms with Crippen molar-refractivity contribution in [1.29, 1.82) is 0 Å². The third-order valence-electron chi connectivity index (χ3n) is 7.03. The standard InChI is InChI=1S/C33H44ClN3O2/c1-5-7-8-9-13-27-17-19-28(20-18-27)33(39)35(6-2)25-32(38)37(22-26(3)4)24-30-15-12-21-36(30)23-29-14-10-11-16-31(29)34/h10-12,14-21,26H,5-9,13,22-25H2,1-4H3. The summed E-state index contributed by atoms with van der Waals surface area (Å²) in [6, 6.07) is 19.8. The van der Waals surface area contributed by atoms with Crippen LogP contribution in [0.2, 0.25) is 5.02 Å². The van der Waals surface area contributed by atoms with Gasteiger partial charge in [-0.15, -0.1) is 0 Å². The van der Waals surface area contributed by atoms with E-state index in [1.165, 1.54) is 31.2 Å². The van der Waals surface area contributed by atoms with Gasteiger partial charge in [0.05, 0.1) is 6.54 Å². The minimum Gasteiger partial charge on any atom is -0.345 e. The molecule has 0 aliphatic heterocycles. The molecule has 0 fully saturated rings. The number of amides is 2. The molecule has 3 rings (SSSR count). The lowest BCUT2D eigenvalue weighted by molar-refractivity contribution is -0.133. The van der Waals surface area contributed by atoms with E-state index in [4.69, 9.17) is 11.6 Å². The molecule has 6 heteroatoms. The summed E-state index contributed by atoms with van der Waals surface area (Å²) < 4.78 is 2.13. The highest BCUT2D eigenvalue weighted by molar-refractivity contribution is 6.31. The molecule has 210 valence electrons. The van der Waals surface area contributed by atoms with Crippen LogP contribution >= 0.6 is 11.6 Å². The summed E-state index contributed by atoms with van der Waals surface area (Å²) in [7, 11) is 0. The van der Waals surface area contributed by atoms with E-state index < -0.39 is 0 Å². The quantitative estimate of drug-likeness (QED) is 0.185. The summed E-state index contributed by atoms with van der Waals surface area (Å²) in [6.45, 7) is 10.6. The van der Waals surface area contributed by atoms with E-state index in [-0.39, 0.29) is 18.4 Å². The minimum atomic E-state index is -0.102. The smallest absolute Gasteiger partial charge is 0.254 e. The van der Waals surface area contributed by atoms with E-state index in [1.54, 1.807) is 4.90 Å². The summed E-state index contributed by atoms with van der Waals surface area (Å²) in [4.78, 5) is 30.4. The second-order valence-corrected chi connectivity index (χ2v) is 11.1. The first kappa shape index (κ1) is 30.5. The van der Waals surface area contributed by atoms with Crippen molar-refractivity contribution in [2.24, 2.45) is 5.92 Å². The second-order valence-electron chi connectivity index (χ2n) is 10.7. The van der Waals surface area contributed by atoms with Crippen LogP contribution in [0.15, 0.2) is 66.9 Å². The lowest BCUT2D eigenvalue weighted by Gasteiger charge is -2.29. The highest BCUT2D eigenvalue weighted by Crippen LogP contribution is 2.19. The number of carbonyl (C=O) groups is 2. The van der Waals surface area contributed by atoms with Crippen molar-refractivity contribution in [2.75, 3.05) is 19.6 Å². The maximum atomic E-state index is 13.6. The van der Waals surface area contributed by atoms with Crippen molar-refractivity contribution >= 4 is 23.4 Å². The van der Waals surface area contributed by atoms with E-state index in [1.807, 2.05) is 78.7 Å². The zero-order valence-corrected chi connectivity index (χ0v) is 24.8. The van der Waals surface area contributed by atoms with Gasteiger partial charge in [-0.05, 0) is 67.1 Å². The van der Waals surface area contributed by atoms with Crippen molar-refractivity contribution in [3.63, 3.8) is 0 Å². The average Bonchev–Trinajstić information content (AvgIpc) is 3.36. The van der Waals surface area contributed by atoms with Crippen LogP contribution in [0.3, 0.4) is 0 Å². The SMILES string of the molecule is CCCCCCc1ccc(C(=O)N(CC)CC(=O)N(Cc2cccn2Cc2ccccc2Cl)CC(C)C)cc1. The first-order valence-corrected chi connectivity index (χ1v) is 14.7. The van der Waals surface area contributed by atoms with E-state index in [2.05, 4.69) is 25.3 Å². The van der Waals surface area contributed by atoms with Gasteiger partial charge in [-0.2, -0.15) is 0 Å². The number of likely N-dealkylation sites (N-methyl/N-ethyl adjacent to an activating group) is 1. The summed E-state index contributed by atoms with van der Waals surface area (Å²) in [5.41, 5.74) is 3.96. The Hall–Kier alpha value is -3.05. The Balaban J connectivity index is 1.67. The van der Waals surface area contributed by atoms with Gasteiger partial charge >= 0.3 is 0 Å². The second kappa shape index (κ2) is 15.5. The Labute approximate surface area is 239 Å². The maximum Gasteiger partial charge on any atom is 0.254 e. The fourth-order valence-electron chi connectivity index (χ4n) is 4.79. The number of aryl methyl sites for hydroxylation is 1. The van der Waals surface area contributed by atoms with Gasteiger partial charge in [0.2, 0.25) is 5.91 Å². The number of benzene rings is 2. The number of carbonyl (C=O) groups excluding carboxylic acids is 2. The lowest BCUT2D eigenvalue weighted by atomic mass is 10.0. The van der Waals surface area contributed by atoms with Gasteiger partial charge in [-0.1, -0.05) is 82.0 Å². The largest absolute Gasteiger partial charge is 0.345 e. The van der Waals surface area contributed by atoms with E-state index in [9.17, 15) is 9.59 Å². The van der Waals surface area contributed by atoms with Gasteiger partial charge in [0.25, 0.3) is 5.91 Å². The fraction of sp³-hybridized carbons (Fsp3) is 0.455. The predicted molar refractivity (Wildman–Crippen MR) is 161 cm³/mol. The molecule has 0 unspecified atom stereocenters. The van der Waals surface area contributed by atoms with Crippen LogP contribution in [0.25, 0.3) is 0 Å². The molecule has 0 saturated heterocycles. The zero-order valence-electron chi connectivity index (χ0n) is 24.0. The molecule has 2 aromatic carbocycles. The molecule has 0 radical (unpaired) electrons. The molecule has 39 heavy (non-hydrogen) atoms. The van der Waals surface area contributed by atoms with Crippen LogP contribution in [0.1, 0.15) is 80.6 Å². The monoisotopic (exact) mass is 549 g/mol. The molecule has 1 aromatic heterocycles. The van der Waals surface area contributed by atoms with Crippen molar-refractivity contribution < 1.29 is 9.59 Å². The van der Waals surface area contributed by atoms with E-state index in [0.717, 1.165) is 22.7 Å². The Morgan fingerprint density at radius 3 is 2.31 bits per heavy atom. The van der Waals surface area contributed by atoms with Crippen molar-refractivity contribution in [3.8, 4) is 0 Å². The molecule has 3 aromatic rings. The minimum absolute atomic E-state index is 0.0445. The highest BCUT2D eigenvalue weighted by Gasteiger charge is 2.23. The molecule has 1 heterocycles. The number of aromatic nitrogens is 1. The van der Waals surface area contributed by atoms with Crippen molar-refractivity contribution in [3.05, 3.63) is 94.3 Å². The number of rotatable bonds is 15. The Morgan fingerprint density at radius 2 is 1.64 bits per heavy atom. The maximum absolute atomic E-state index is 13.6. The van der Waals surface area contributed by atoms with Crippen LogP contribution in [0.4, 0.5) is 0 Å². The Morgan fingerprint density at radius 1 is 0.897 bits per heavy atom. The predicted octanol–water partition coefficient (Wildman–Crippen LogP) is 7.46. The number of hydrogen-bond donors (Lipinski definition) is 0. The first-order chi connectivity index (χ1) is 18.8. The molecule has 0 saturated carbocycles. The molecule has 0 aliphatic rings. The zero-order chi connectivity index (χ0) is 28.2. The van der Waals surface area contributed by atoms with E-state index in [0.29, 0.717) is 37.7 Å². The summed E-state index contributed by atoms with van der Waals surface area (Å²) in [5, 5.41) is 0.730. The average molecular weight is 550 g/mol. The molecular formula is C33H44ClN3O2. The molecule has 0 bridgehead atoms. The molecule has 0 aliphatic carbocycles. The fourth-order valence-corrected chi connectivity index (χ4v) is 4.99. The van der Waals surface area contributed by atoms with Gasteiger partial charge in [0.15, 0.2) is 0 Å². The Kier molecular flexibility index (Phi) is 12.1. The topological polar surface area (TPSA) is 45.6 Å². The van der Waals surface area contributed by atoms with Crippen LogP contribution in [-0.4, -0.2) is 45.8 Å². The van der Waals surface area contributed by atoms with Gasteiger partial charge in [0, 0.05) is 42.1 Å². The normalized spacial score (nSPS) is 11.1. The van der Waals surface area contributed by atoms with E-state index >= 15 is 0 Å². The first-order valence-electron chi connectivity index (χ1n) is 14.4. The molecule has 0 atom stereocenters. The van der Waals surface area contributed by atoms with Gasteiger partial charge in [0.1, 0.15) is 6.54 Å². The van der Waals surface area contributed by atoms with Crippen LogP contribution in [0.5, 0.6) is 0 Å². The highest BCUT2D eigenvalue weighted by atomic mass is 35.5. The van der Waals surface area contributed by atoms with Crippen molar-refractivity contribution in [1.82, 2.24) is 14.4 Å². The third-order valence-corrected chi connectivity index (χ3v) is 7.40. The molecular weight excluding hydrogens is 506 g/mol. The number of nitrogens with zero attached hydrogens (tertiary/aromatic N) is 3. The van der Waals surface area contributed by atoms with Gasteiger partial charge < -0.3 is 14.4 Å². The van der Waals surface area contributed by atoms with Crippen LogP contribution in [-0.2, 0) is 24.3 Å². The summed E-state index contributed by atoms with van der Waals surface area (Å²) in [5.74, 6) is 0.156. The molecule has 0 spiro atoms. The number of hydrogen-bond acceptors (Lipinski definition) is 2. The van der Waals surface area contributed by atoms with Crippen LogP contribution < -0.4 is 0 Å².